The number of anilines is 1. The van der Waals surface area contributed by atoms with Crippen LogP contribution in [0.4, 0.5) is 5.82 Å². The summed E-state index contributed by atoms with van der Waals surface area (Å²) in [7, 11) is 0. The van der Waals surface area contributed by atoms with Crippen molar-refractivity contribution in [3.63, 3.8) is 0 Å². The van der Waals surface area contributed by atoms with Gasteiger partial charge >= 0.3 is 0 Å². The second-order valence-electron chi connectivity index (χ2n) is 5.73. The predicted molar refractivity (Wildman–Crippen MR) is 84.5 cm³/mol. The number of piperidine rings is 1. The molecular weight excluding hydrogens is 278 g/mol. The smallest absolute Gasteiger partial charge is 0.252 e. The second kappa shape index (κ2) is 6.60. The summed E-state index contributed by atoms with van der Waals surface area (Å²) in [5.74, 6) is 1.01. The van der Waals surface area contributed by atoms with Gasteiger partial charge in [0.15, 0.2) is 0 Å². The number of rotatable bonds is 5. The van der Waals surface area contributed by atoms with Crippen molar-refractivity contribution in [3.05, 3.63) is 42.4 Å². The first-order valence-electron chi connectivity index (χ1n) is 7.71. The molecule has 6 heteroatoms. The fraction of sp³-hybridized carbons (Fsp3) is 0.438. The Bertz CT molecular complexity index is 617. The van der Waals surface area contributed by atoms with Crippen LogP contribution in [0.1, 0.15) is 29.6 Å². The van der Waals surface area contributed by atoms with E-state index < -0.39 is 5.91 Å². The van der Waals surface area contributed by atoms with Crippen LogP contribution in [0.5, 0.6) is 0 Å². The van der Waals surface area contributed by atoms with E-state index in [9.17, 15) is 4.79 Å². The zero-order chi connectivity index (χ0) is 15.4. The minimum Gasteiger partial charge on any atom is -0.365 e. The van der Waals surface area contributed by atoms with Gasteiger partial charge in [0.05, 0.1) is 5.56 Å². The van der Waals surface area contributed by atoms with Crippen LogP contribution in [0, 0.1) is 5.92 Å². The quantitative estimate of drug-likeness (QED) is 0.911. The predicted octanol–water partition coefficient (Wildman–Crippen LogP) is 1.68. The summed E-state index contributed by atoms with van der Waals surface area (Å²) < 4.78 is 1.98. The van der Waals surface area contributed by atoms with Crippen molar-refractivity contribution in [2.45, 2.75) is 25.8 Å². The molecule has 6 nitrogen and oxygen atoms in total. The minimum atomic E-state index is -0.413. The molecule has 0 saturated carbocycles. The molecule has 1 amide bonds. The maximum atomic E-state index is 11.5. The molecule has 2 aromatic heterocycles. The first-order valence-corrected chi connectivity index (χ1v) is 7.71. The molecule has 0 aliphatic carbocycles. The van der Waals surface area contributed by atoms with E-state index in [4.69, 9.17) is 5.73 Å². The molecule has 0 unspecified atom stereocenters. The maximum Gasteiger partial charge on any atom is 0.252 e. The van der Waals surface area contributed by atoms with E-state index in [1.165, 1.54) is 0 Å². The Hall–Kier alpha value is -2.37. The molecule has 1 aliphatic rings. The lowest BCUT2D eigenvalue weighted by molar-refractivity contribution is 0.100. The normalized spacial score (nSPS) is 15.9. The minimum absolute atomic E-state index is 0.413. The summed E-state index contributed by atoms with van der Waals surface area (Å²) in [5.41, 5.74) is 5.95. The van der Waals surface area contributed by atoms with E-state index >= 15 is 0 Å². The number of nitrogens with two attached hydrogens (primary N) is 1. The van der Waals surface area contributed by atoms with Crippen LogP contribution >= 0.6 is 0 Å². The Morgan fingerprint density at radius 3 is 2.77 bits per heavy atom. The molecule has 3 heterocycles. The van der Waals surface area contributed by atoms with Crippen LogP contribution < -0.4 is 10.6 Å². The van der Waals surface area contributed by atoms with Crippen LogP contribution in [0.2, 0.25) is 0 Å². The molecule has 0 radical (unpaired) electrons. The van der Waals surface area contributed by atoms with Gasteiger partial charge in [0.25, 0.3) is 5.91 Å². The lowest BCUT2D eigenvalue weighted by Crippen LogP contribution is -2.36. The average Bonchev–Trinajstić information content (AvgIpc) is 3.07. The molecule has 2 aromatic rings. The monoisotopic (exact) mass is 299 g/mol. The molecule has 1 saturated heterocycles. The third-order valence-corrected chi connectivity index (χ3v) is 4.29. The topological polar surface area (TPSA) is 77.0 Å². The Morgan fingerprint density at radius 2 is 2.09 bits per heavy atom. The van der Waals surface area contributed by atoms with Crippen molar-refractivity contribution in [1.29, 1.82) is 0 Å². The molecule has 0 spiro atoms. The summed E-state index contributed by atoms with van der Waals surface area (Å²) in [6, 6.07) is 5.45. The summed E-state index contributed by atoms with van der Waals surface area (Å²) >= 11 is 0. The molecule has 2 N–H and O–H groups in total. The lowest BCUT2D eigenvalue weighted by Gasteiger charge is -2.33. The number of pyridine rings is 1. The van der Waals surface area contributed by atoms with E-state index in [-0.39, 0.29) is 0 Å². The van der Waals surface area contributed by atoms with E-state index in [0.29, 0.717) is 11.5 Å². The number of hydrogen-bond acceptors (Lipinski definition) is 4. The summed E-state index contributed by atoms with van der Waals surface area (Å²) in [6.07, 6.45) is 8.88. The Balaban J connectivity index is 1.56. The summed E-state index contributed by atoms with van der Waals surface area (Å²) in [4.78, 5) is 18.0. The van der Waals surface area contributed by atoms with Crippen LogP contribution in [0.15, 0.2) is 36.8 Å². The average molecular weight is 299 g/mol. The number of primary amides is 1. The van der Waals surface area contributed by atoms with Crippen molar-refractivity contribution in [1.82, 2.24) is 14.8 Å². The fourth-order valence-corrected chi connectivity index (χ4v) is 3.02. The van der Waals surface area contributed by atoms with Crippen LogP contribution in [0.25, 0.3) is 0 Å². The Morgan fingerprint density at radius 1 is 1.27 bits per heavy atom. The van der Waals surface area contributed by atoms with Gasteiger partial charge < -0.3 is 10.6 Å². The molecule has 0 atom stereocenters. The number of carbonyl (C=O) groups is 1. The van der Waals surface area contributed by atoms with Crippen molar-refractivity contribution < 1.29 is 4.79 Å². The van der Waals surface area contributed by atoms with Gasteiger partial charge in [0.1, 0.15) is 5.82 Å². The number of aryl methyl sites for hydroxylation is 1. The fourth-order valence-electron chi connectivity index (χ4n) is 3.02. The van der Waals surface area contributed by atoms with Gasteiger partial charge in [-0.2, -0.15) is 5.10 Å². The van der Waals surface area contributed by atoms with Crippen LogP contribution in [-0.2, 0) is 6.54 Å². The highest BCUT2D eigenvalue weighted by atomic mass is 16.1. The first kappa shape index (κ1) is 14.6. The number of carbonyl (C=O) groups excluding carboxylic acids is 1. The number of amides is 1. The van der Waals surface area contributed by atoms with Gasteiger partial charge in [0, 0.05) is 38.2 Å². The van der Waals surface area contributed by atoms with E-state index in [2.05, 4.69) is 15.0 Å². The van der Waals surface area contributed by atoms with Gasteiger partial charge in [-0.1, -0.05) is 0 Å². The largest absolute Gasteiger partial charge is 0.365 e. The Labute approximate surface area is 129 Å². The van der Waals surface area contributed by atoms with Crippen molar-refractivity contribution in [2.24, 2.45) is 11.7 Å². The van der Waals surface area contributed by atoms with Crippen LogP contribution in [0.3, 0.4) is 0 Å². The zero-order valence-electron chi connectivity index (χ0n) is 12.6. The van der Waals surface area contributed by atoms with Gasteiger partial charge in [-0.15, -0.1) is 0 Å². The van der Waals surface area contributed by atoms with Crippen molar-refractivity contribution in [3.8, 4) is 0 Å². The number of aromatic nitrogens is 3. The standard InChI is InChI=1S/C16H21N5O/c17-15(22)14-3-1-7-18-16(14)20-10-4-13(5-11-20)6-12-21-9-2-8-19-21/h1-3,7-9,13H,4-6,10-12H2,(H2,17,22). The third-order valence-electron chi connectivity index (χ3n) is 4.29. The third kappa shape index (κ3) is 3.27. The zero-order valence-corrected chi connectivity index (χ0v) is 12.6. The summed E-state index contributed by atoms with van der Waals surface area (Å²) in [6.45, 7) is 2.80. The summed E-state index contributed by atoms with van der Waals surface area (Å²) in [5, 5.41) is 4.24. The SMILES string of the molecule is NC(=O)c1cccnc1N1CCC(CCn2cccn2)CC1. The van der Waals surface area contributed by atoms with Crippen LogP contribution in [-0.4, -0.2) is 33.8 Å². The molecule has 3 rings (SSSR count). The van der Waals surface area contributed by atoms with Gasteiger partial charge in [-0.05, 0) is 43.4 Å². The molecule has 0 aromatic carbocycles. The van der Waals surface area contributed by atoms with Gasteiger partial charge in [-0.25, -0.2) is 4.98 Å². The van der Waals surface area contributed by atoms with Gasteiger partial charge in [-0.3, -0.25) is 9.48 Å². The Kier molecular flexibility index (Phi) is 4.37. The molecule has 1 aliphatic heterocycles. The van der Waals surface area contributed by atoms with E-state index in [1.807, 2.05) is 23.1 Å². The molecule has 22 heavy (non-hydrogen) atoms. The van der Waals surface area contributed by atoms with Gasteiger partial charge in [0.2, 0.25) is 0 Å². The number of hydrogen-bond donors (Lipinski definition) is 1. The first-order chi connectivity index (χ1) is 10.7. The van der Waals surface area contributed by atoms with Crippen molar-refractivity contribution in [2.75, 3.05) is 18.0 Å². The lowest BCUT2D eigenvalue weighted by atomic mass is 9.93. The molecule has 1 fully saturated rings. The maximum absolute atomic E-state index is 11.5. The highest BCUT2D eigenvalue weighted by Crippen LogP contribution is 2.26. The molecule has 116 valence electrons. The van der Waals surface area contributed by atoms with E-state index in [0.717, 1.165) is 44.7 Å². The number of nitrogens with zero attached hydrogens (tertiary/aromatic N) is 4. The highest BCUT2D eigenvalue weighted by Gasteiger charge is 2.22. The molecular formula is C16H21N5O. The van der Waals surface area contributed by atoms with Crippen molar-refractivity contribution >= 4 is 11.7 Å². The second-order valence-corrected chi connectivity index (χ2v) is 5.73. The molecule has 0 bridgehead atoms. The van der Waals surface area contributed by atoms with E-state index in [1.54, 1.807) is 18.3 Å². The highest BCUT2D eigenvalue weighted by molar-refractivity contribution is 5.97.